The van der Waals surface area contributed by atoms with Crippen LogP contribution in [0.25, 0.3) is 22.3 Å². The zero-order valence-corrected chi connectivity index (χ0v) is 53.0. The average molecular weight is 1400 g/mol. The Morgan fingerprint density at radius 2 is 1.02 bits per heavy atom. The molecule has 2 unspecified atom stereocenters. The lowest BCUT2D eigenvalue weighted by Gasteiger charge is -2.33. The number of hydrogen-bond acceptors (Lipinski definition) is 10. The molecular weight excluding hydrogens is 1280 g/mol. The van der Waals surface area contributed by atoms with Crippen LogP contribution in [0.3, 0.4) is 0 Å². The number of likely N-dealkylation sites (N-methyl/N-ethyl adjacent to an activating group) is 2. The number of aromatic nitrogens is 4. The molecule has 6 aromatic carbocycles. The molecule has 0 saturated heterocycles. The quantitative estimate of drug-likeness (QED) is 0.0295. The Morgan fingerprint density at radius 3 is 1.49 bits per heavy atom. The summed E-state index contributed by atoms with van der Waals surface area (Å²) < 4.78 is 422. The van der Waals surface area contributed by atoms with Gasteiger partial charge in [-0.2, -0.15) is 36.3 Å². The number of fused-ring (bicyclic) bond motifs is 2. The molecule has 0 fully saturated rings. The van der Waals surface area contributed by atoms with E-state index in [1.165, 1.54) is 36.4 Å². The Hall–Kier alpha value is -7.92. The van der Waals surface area contributed by atoms with E-state index in [9.17, 15) is 59.1 Å². The van der Waals surface area contributed by atoms with Crippen molar-refractivity contribution in [2.75, 3.05) is 52.0 Å². The highest BCUT2D eigenvalue weighted by molar-refractivity contribution is 7.98. The summed E-state index contributed by atoms with van der Waals surface area (Å²) in [4.78, 5) is 64.0. The molecule has 0 saturated carbocycles. The molecule has 2 aliphatic rings. The SMILES string of the molecule is [2H]c1c([2H])c(C([2H])([2H])Sc2nc(=O)c3c(n2CC(=O)N(C([2H])(C)c2ccc(-c4ccc(C(F)(F)F)cc4)cc2)C([2H])([2H])C([2H])([2H])N(C([2H])([2H])C)C([2H])([2H])C)CCC3)c([2H])c([2H])c1F.[2H]c1c([2H])c(C([2H])([2H])Sc2nc(=O)c3c(n2CC(=O)N(C([2H])([2H])c2ccc(-c4ccc(C(F)(F)F)cc4)cc2)C([2H])([2H])C([2H])([2H])N(C([2H])([2H])C)C([2H])([2H])C)C([2H])([2H])C([2H])(C)C3([2H])[2H])c([2H])c([2H])c1F. The van der Waals surface area contributed by atoms with Gasteiger partial charge < -0.3 is 28.7 Å². The predicted octanol–water partition coefficient (Wildman–Crippen LogP) is 15.2. The first kappa shape index (κ1) is 38.3. The number of halogens is 8. The molecule has 8 aromatic rings. The Kier molecular flexibility index (Phi) is 13.1. The van der Waals surface area contributed by atoms with E-state index in [0.29, 0.717) is 38.3 Å². The van der Waals surface area contributed by atoms with E-state index in [0.717, 1.165) is 86.0 Å². The van der Waals surface area contributed by atoms with Gasteiger partial charge in [0, 0.05) is 95.2 Å². The topological polar surface area (TPSA) is 117 Å². The van der Waals surface area contributed by atoms with Crippen LogP contribution in [-0.2, 0) is 78.5 Å². The van der Waals surface area contributed by atoms with Crippen LogP contribution in [0.2, 0.25) is 0 Å². The fourth-order valence-electron chi connectivity index (χ4n) is 9.26. The predicted molar refractivity (Wildman–Crippen MR) is 362 cm³/mol. The molecule has 0 radical (unpaired) electrons. The molecule has 0 aliphatic heterocycles. The lowest BCUT2D eigenvalue weighted by molar-refractivity contribution is -0.138. The van der Waals surface area contributed by atoms with Crippen LogP contribution in [0, 0.1) is 17.5 Å². The van der Waals surface area contributed by atoms with Gasteiger partial charge in [0.15, 0.2) is 10.3 Å². The third kappa shape index (κ3) is 18.8. The van der Waals surface area contributed by atoms with Crippen molar-refractivity contribution in [2.24, 2.45) is 5.89 Å². The molecule has 22 heteroatoms. The molecule has 0 N–H and O–H groups in total. The van der Waals surface area contributed by atoms with Gasteiger partial charge in [-0.05, 0) is 164 Å². The number of carbonyl (C=O) groups is 2. The van der Waals surface area contributed by atoms with Gasteiger partial charge >= 0.3 is 12.4 Å². The first-order valence-electron chi connectivity index (χ1n) is 46.4. The summed E-state index contributed by atoms with van der Waals surface area (Å²) in [7, 11) is 0. The second kappa shape index (κ2) is 32.9. The Labute approximate surface area is 614 Å². The first-order valence-corrected chi connectivity index (χ1v) is 30.1. The Morgan fingerprint density at radius 1 is 0.594 bits per heavy atom. The van der Waals surface area contributed by atoms with Crippen LogP contribution in [0.5, 0.6) is 0 Å². The highest BCUT2D eigenvalue weighted by Gasteiger charge is 2.33. The minimum absolute atomic E-state index is 0.0421. The highest BCUT2D eigenvalue weighted by Crippen LogP contribution is 2.35. The standard InChI is InChI=1S/2C37H40F4N4O2S/c1-4-43(5-2)18-19-44(22-26-6-10-28(11-7-26)29-12-14-30(15-13-29)37(39,40)41)34(46)23-45-33-21-25(3)20-32(33)35(47)42-36(45)48-24-27-8-16-31(38)17-9-27;1-4-43(5-2)21-22-44(25(3)27-11-13-28(14-12-27)29-15-17-30(18-16-29)37(39,40)41)34(46)23-45-33-8-6-7-32(33)35(47)42-36(45)48-24-26-9-19-31(38)20-10-26/h6-17,25H,4-5,18-24H2,1-3H3;9-20,25H,4-8,21-24H2,1-3H3/i4D2,5D2,8D,9D,16D,17D,18D2,19D2,20D2,21D2,22D2,24D2,25D;4D2,5D2,9D,10D,19D,20D,21D2,22D2,24D2,25D. The van der Waals surface area contributed by atoms with Crippen LogP contribution in [0.1, 0.15) is 159 Å². The van der Waals surface area contributed by atoms with E-state index >= 15 is 4.79 Å². The Balaban J connectivity index is 0.000000298. The van der Waals surface area contributed by atoms with Gasteiger partial charge in [-0.15, -0.1) is 0 Å². The minimum Gasteiger partial charge on any atom is -0.336 e. The number of rotatable bonds is 26. The van der Waals surface area contributed by atoms with Gasteiger partial charge in [0.05, 0.1) is 37.7 Å². The number of thioether (sulfide) groups is 2. The third-order valence-corrected chi connectivity index (χ3v) is 15.6. The molecule has 2 heterocycles. The maximum atomic E-state index is 15.1. The summed E-state index contributed by atoms with van der Waals surface area (Å²) in [5.41, 5.74) is -15.4. The zero-order valence-electron chi connectivity index (χ0n) is 87.3. The molecule has 96 heavy (non-hydrogen) atoms. The van der Waals surface area contributed by atoms with E-state index in [2.05, 4.69) is 9.97 Å². The van der Waals surface area contributed by atoms with Crippen molar-refractivity contribution in [1.82, 2.24) is 38.7 Å². The summed E-state index contributed by atoms with van der Waals surface area (Å²) in [6.07, 6.45) is -15.6. The van der Waals surface area contributed by atoms with Crippen LogP contribution in [0.15, 0.2) is 165 Å². The first-order chi connectivity index (χ1) is 59.4. The van der Waals surface area contributed by atoms with Crippen LogP contribution >= 0.6 is 23.5 Å². The maximum Gasteiger partial charge on any atom is 0.416 e. The molecule has 2 aliphatic carbocycles. The van der Waals surface area contributed by atoms with Gasteiger partial charge in [0.25, 0.3) is 11.1 Å². The largest absolute Gasteiger partial charge is 0.416 e. The third-order valence-electron chi connectivity index (χ3n) is 14.0. The van der Waals surface area contributed by atoms with Crippen molar-refractivity contribution in [3.05, 3.63) is 234 Å². The molecule has 2 atom stereocenters. The summed E-state index contributed by atoms with van der Waals surface area (Å²) in [5.74, 6) is -9.76. The number of hydrogen-bond donors (Lipinski definition) is 0. The number of alkyl halides is 6. The number of carbonyl (C=O) groups excluding carboxylic acids is 2. The molecule has 508 valence electrons. The van der Waals surface area contributed by atoms with Gasteiger partial charge in [-0.1, -0.05) is 155 Å². The van der Waals surface area contributed by atoms with Crippen molar-refractivity contribution in [3.63, 3.8) is 0 Å². The van der Waals surface area contributed by atoms with Gasteiger partial charge in [0.1, 0.15) is 24.7 Å². The monoisotopic (exact) mass is 1400 g/mol. The maximum absolute atomic E-state index is 15.1. The molecule has 0 spiro atoms. The lowest BCUT2D eigenvalue weighted by Crippen LogP contribution is -2.42. The summed E-state index contributed by atoms with van der Waals surface area (Å²) in [5, 5.41) is -1.82. The van der Waals surface area contributed by atoms with Crippen molar-refractivity contribution < 1.29 is 94.1 Å². The number of nitrogens with zero attached hydrogens (tertiary/aromatic N) is 8. The molecule has 0 bridgehead atoms. The zero-order chi connectivity index (χ0) is 101. The lowest BCUT2D eigenvalue weighted by atomic mass is 9.99. The van der Waals surface area contributed by atoms with E-state index in [1.54, 1.807) is 0 Å². The second-order valence-corrected chi connectivity index (χ2v) is 21.8. The van der Waals surface area contributed by atoms with Crippen molar-refractivity contribution in [2.45, 2.75) is 133 Å². The number of benzene rings is 6. The van der Waals surface area contributed by atoms with E-state index in [1.807, 2.05) is 0 Å². The van der Waals surface area contributed by atoms with Crippen LogP contribution in [-0.4, -0.2) is 102 Å². The molecule has 2 amide bonds. The normalized spacial score (nSPS) is 23.2. The summed E-state index contributed by atoms with van der Waals surface area (Å²) in [6.45, 7) is -30.6. The van der Waals surface area contributed by atoms with Gasteiger partial charge in [-0.3, -0.25) is 19.2 Å². The number of amides is 2. The van der Waals surface area contributed by atoms with Crippen molar-refractivity contribution in [3.8, 4) is 22.3 Å². The molecular formula is C74H80F8N8O4S2. The van der Waals surface area contributed by atoms with Gasteiger partial charge in [0.2, 0.25) is 11.8 Å². The molecule has 10 rings (SSSR count). The molecule has 2 aromatic heterocycles. The summed E-state index contributed by atoms with van der Waals surface area (Å²) in [6, 6.07) is 4.29. The second-order valence-electron chi connectivity index (χ2n) is 20.2. The smallest absolute Gasteiger partial charge is 0.336 e. The van der Waals surface area contributed by atoms with Gasteiger partial charge in [-0.25, -0.2) is 8.78 Å². The van der Waals surface area contributed by atoms with E-state index in [-0.39, 0.29) is 83.6 Å². The average Bonchev–Trinajstić information content (AvgIpc) is 1.46. The van der Waals surface area contributed by atoms with E-state index in [4.69, 9.17) is 39.8 Å². The Bertz CT molecular complexity index is 5850. The minimum atomic E-state index is -4.70. The van der Waals surface area contributed by atoms with Crippen molar-refractivity contribution in [1.29, 1.82) is 0 Å². The fourth-order valence-corrected chi connectivity index (χ4v) is 10.7. The van der Waals surface area contributed by atoms with E-state index < -0.39 is 257 Å². The highest BCUT2D eigenvalue weighted by atomic mass is 32.2. The molecule has 12 nitrogen and oxygen atoms in total. The van der Waals surface area contributed by atoms with Crippen LogP contribution in [0.4, 0.5) is 35.1 Å². The van der Waals surface area contributed by atoms with Crippen LogP contribution < -0.4 is 11.1 Å². The summed E-state index contributed by atoms with van der Waals surface area (Å²) >= 11 is -0.312. The van der Waals surface area contributed by atoms with Crippen molar-refractivity contribution >= 4 is 35.3 Å². The fraction of sp³-hybridized carbons (Fsp3) is 0.378.